The fourth-order valence-electron chi connectivity index (χ4n) is 1.66. The van der Waals surface area contributed by atoms with Crippen molar-refractivity contribution in [3.63, 3.8) is 0 Å². The number of ether oxygens (including phenoxy) is 1. The number of nitrogens with one attached hydrogen (secondary N) is 1. The van der Waals surface area contributed by atoms with E-state index in [-0.39, 0.29) is 11.4 Å². The molecule has 0 unspecified atom stereocenters. The summed E-state index contributed by atoms with van der Waals surface area (Å²) in [7, 11) is 0. The third-order valence-corrected chi connectivity index (χ3v) is 4.65. The summed E-state index contributed by atoms with van der Waals surface area (Å²) in [5, 5.41) is 13.4. The Hall–Kier alpha value is -1.58. The first-order valence-corrected chi connectivity index (χ1v) is 8.98. The van der Waals surface area contributed by atoms with Crippen LogP contribution >= 0.6 is 43.6 Å². The summed E-state index contributed by atoms with van der Waals surface area (Å²) in [6.07, 6.45) is 1.26. The number of halogens is 2. The Bertz CT molecular complexity index is 730. The van der Waals surface area contributed by atoms with Gasteiger partial charge in [0, 0.05) is 22.7 Å². The molecule has 2 aromatic carbocycles. The highest BCUT2D eigenvalue weighted by Gasteiger charge is 2.17. The van der Waals surface area contributed by atoms with Crippen molar-refractivity contribution in [1.29, 1.82) is 0 Å². The van der Waals surface area contributed by atoms with Gasteiger partial charge in [-0.1, -0.05) is 0 Å². The first kappa shape index (κ1) is 17.8. The highest BCUT2D eigenvalue weighted by Crippen LogP contribution is 2.37. The van der Waals surface area contributed by atoms with Crippen molar-refractivity contribution in [3.05, 3.63) is 55.5 Å². The summed E-state index contributed by atoms with van der Waals surface area (Å²) in [5.41, 5.74) is 0.464. The van der Waals surface area contributed by atoms with Gasteiger partial charge in [0.05, 0.1) is 13.9 Å². The number of nitrogens with zero attached hydrogens (tertiary/aromatic N) is 1. The van der Waals surface area contributed by atoms with Crippen molar-refractivity contribution in [2.24, 2.45) is 0 Å². The molecule has 1 N–H and O–H groups in total. The van der Waals surface area contributed by atoms with Crippen molar-refractivity contribution < 1.29 is 14.5 Å². The fourth-order valence-corrected chi connectivity index (χ4v) is 3.39. The standard InChI is InChI=1S/C14H10Br2N2O4S/c1-23-10-4-2-8(3-5-10)17-14(19)22-13-11(15)6-9(18(20)21)7-12(13)16/h2-7H,1H3,(H,17,19). The predicted octanol–water partition coefficient (Wildman–Crippen LogP) is 5.45. The summed E-state index contributed by atoms with van der Waals surface area (Å²) >= 11 is 7.91. The van der Waals surface area contributed by atoms with E-state index in [1.54, 1.807) is 23.9 Å². The number of carbonyl (C=O) groups is 1. The minimum Gasteiger partial charge on any atom is -0.408 e. The summed E-state index contributed by atoms with van der Waals surface area (Å²) in [6.45, 7) is 0. The van der Waals surface area contributed by atoms with E-state index in [1.165, 1.54) is 12.1 Å². The van der Waals surface area contributed by atoms with Crippen LogP contribution in [-0.2, 0) is 0 Å². The number of thioether (sulfide) groups is 1. The van der Waals surface area contributed by atoms with Gasteiger partial charge in [0.15, 0.2) is 5.75 Å². The Morgan fingerprint density at radius 1 is 1.22 bits per heavy atom. The quantitative estimate of drug-likeness (QED) is 0.371. The van der Waals surface area contributed by atoms with Crippen molar-refractivity contribution in [1.82, 2.24) is 0 Å². The van der Waals surface area contributed by atoms with E-state index in [2.05, 4.69) is 37.2 Å². The molecule has 0 fully saturated rings. The van der Waals surface area contributed by atoms with Gasteiger partial charge in [-0.05, 0) is 62.4 Å². The molecule has 0 radical (unpaired) electrons. The van der Waals surface area contributed by atoms with Crippen LogP contribution in [-0.4, -0.2) is 17.3 Å². The lowest BCUT2D eigenvalue weighted by Crippen LogP contribution is -2.17. The summed E-state index contributed by atoms with van der Waals surface area (Å²) in [4.78, 5) is 23.3. The van der Waals surface area contributed by atoms with Gasteiger partial charge in [-0.2, -0.15) is 0 Å². The van der Waals surface area contributed by atoms with Gasteiger partial charge >= 0.3 is 6.09 Å². The molecule has 0 aliphatic heterocycles. The predicted molar refractivity (Wildman–Crippen MR) is 96.4 cm³/mol. The number of amides is 1. The lowest BCUT2D eigenvalue weighted by atomic mass is 10.3. The van der Waals surface area contributed by atoms with Gasteiger partial charge in [-0.3, -0.25) is 15.4 Å². The molecule has 1 amide bonds. The average Bonchev–Trinajstić information content (AvgIpc) is 2.51. The smallest absolute Gasteiger partial charge is 0.408 e. The van der Waals surface area contributed by atoms with Gasteiger partial charge in [-0.15, -0.1) is 11.8 Å². The zero-order valence-electron chi connectivity index (χ0n) is 11.7. The van der Waals surface area contributed by atoms with E-state index in [0.29, 0.717) is 14.6 Å². The first-order chi connectivity index (χ1) is 10.9. The second-order valence-corrected chi connectivity index (χ2v) is 6.83. The third kappa shape index (κ3) is 4.69. The number of anilines is 1. The van der Waals surface area contributed by atoms with Gasteiger partial charge in [0.2, 0.25) is 0 Å². The molecular weight excluding hydrogens is 452 g/mol. The highest BCUT2D eigenvalue weighted by atomic mass is 79.9. The number of nitro benzene ring substituents is 1. The maximum atomic E-state index is 11.9. The molecule has 0 aliphatic carbocycles. The van der Waals surface area contributed by atoms with E-state index < -0.39 is 11.0 Å². The SMILES string of the molecule is CSc1ccc(NC(=O)Oc2c(Br)cc([N+](=O)[O-])cc2Br)cc1. The average molecular weight is 462 g/mol. The third-order valence-electron chi connectivity index (χ3n) is 2.73. The summed E-state index contributed by atoms with van der Waals surface area (Å²) in [5.74, 6) is 0.161. The van der Waals surface area contributed by atoms with Gasteiger partial charge < -0.3 is 4.74 Å². The molecule has 0 bridgehead atoms. The van der Waals surface area contributed by atoms with Crippen LogP contribution in [0.25, 0.3) is 0 Å². The van der Waals surface area contributed by atoms with Crippen molar-refractivity contribution in [3.8, 4) is 5.75 Å². The van der Waals surface area contributed by atoms with Crippen molar-refractivity contribution in [2.75, 3.05) is 11.6 Å². The maximum Gasteiger partial charge on any atom is 0.417 e. The lowest BCUT2D eigenvalue weighted by molar-refractivity contribution is -0.385. The molecule has 2 rings (SSSR count). The fraction of sp³-hybridized carbons (Fsp3) is 0.0714. The molecule has 9 heteroatoms. The molecule has 120 valence electrons. The molecule has 6 nitrogen and oxygen atoms in total. The molecule has 0 aromatic heterocycles. The number of rotatable bonds is 4. The lowest BCUT2D eigenvalue weighted by Gasteiger charge is -2.10. The van der Waals surface area contributed by atoms with Gasteiger partial charge in [0.1, 0.15) is 0 Å². The molecule has 23 heavy (non-hydrogen) atoms. The normalized spacial score (nSPS) is 10.2. The molecule has 0 spiro atoms. The van der Waals surface area contributed by atoms with Crippen LogP contribution in [0, 0.1) is 10.1 Å². The number of carbonyl (C=O) groups excluding carboxylic acids is 1. The number of nitro groups is 1. The summed E-state index contributed by atoms with van der Waals surface area (Å²) in [6, 6.07) is 9.79. The second-order valence-electron chi connectivity index (χ2n) is 4.24. The summed E-state index contributed by atoms with van der Waals surface area (Å²) < 4.78 is 5.79. The van der Waals surface area contributed by atoms with Crippen LogP contribution in [0.15, 0.2) is 50.2 Å². The zero-order chi connectivity index (χ0) is 17.0. The molecule has 0 saturated heterocycles. The molecule has 0 atom stereocenters. The number of hydrogen-bond donors (Lipinski definition) is 1. The monoisotopic (exact) mass is 460 g/mol. The Labute approximate surface area is 153 Å². The molecule has 0 saturated carbocycles. The number of non-ortho nitro benzene ring substituents is 1. The molecule has 2 aromatic rings. The molecule has 0 aliphatic rings. The van der Waals surface area contributed by atoms with E-state index in [9.17, 15) is 14.9 Å². The van der Waals surface area contributed by atoms with Crippen molar-refractivity contribution in [2.45, 2.75) is 4.90 Å². The van der Waals surface area contributed by atoms with E-state index in [4.69, 9.17) is 4.74 Å². The Balaban J connectivity index is 2.12. The van der Waals surface area contributed by atoms with Crippen LogP contribution in [0.2, 0.25) is 0 Å². The van der Waals surface area contributed by atoms with Crippen LogP contribution in [0.3, 0.4) is 0 Å². The topological polar surface area (TPSA) is 81.5 Å². The minimum absolute atomic E-state index is 0.121. The van der Waals surface area contributed by atoms with E-state index in [1.807, 2.05) is 18.4 Å². The van der Waals surface area contributed by atoms with Crippen LogP contribution < -0.4 is 10.1 Å². The van der Waals surface area contributed by atoms with Gasteiger partial charge in [0.25, 0.3) is 5.69 Å². The first-order valence-electron chi connectivity index (χ1n) is 6.17. The van der Waals surface area contributed by atoms with Crippen molar-refractivity contribution >= 4 is 61.1 Å². The number of hydrogen-bond acceptors (Lipinski definition) is 5. The molecule has 0 heterocycles. The largest absolute Gasteiger partial charge is 0.417 e. The Kier molecular flexibility index (Phi) is 6.03. The van der Waals surface area contributed by atoms with Gasteiger partial charge in [-0.25, -0.2) is 4.79 Å². The minimum atomic E-state index is -0.697. The Morgan fingerprint density at radius 2 is 1.78 bits per heavy atom. The van der Waals surface area contributed by atoms with Crippen LogP contribution in [0.4, 0.5) is 16.2 Å². The number of benzene rings is 2. The van der Waals surface area contributed by atoms with Crippen LogP contribution in [0.5, 0.6) is 5.75 Å². The zero-order valence-corrected chi connectivity index (χ0v) is 15.7. The maximum absolute atomic E-state index is 11.9. The Morgan fingerprint density at radius 3 is 2.26 bits per heavy atom. The van der Waals surface area contributed by atoms with Crippen LogP contribution in [0.1, 0.15) is 0 Å². The van der Waals surface area contributed by atoms with E-state index >= 15 is 0 Å². The second kappa shape index (κ2) is 7.80. The molecular formula is C14H10Br2N2O4S. The van der Waals surface area contributed by atoms with E-state index in [0.717, 1.165) is 4.90 Å². The highest BCUT2D eigenvalue weighted by molar-refractivity contribution is 9.11.